The van der Waals surface area contributed by atoms with E-state index in [0.717, 1.165) is 32.9 Å². The Morgan fingerprint density at radius 2 is 1.43 bits per heavy atom. The van der Waals surface area contributed by atoms with Crippen LogP contribution >= 0.6 is 0 Å². The topological polar surface area (TPSA) is 150 Å². The number of imide groups is 1. The lowest BCUT2D eigenvalue weighted by atomic mass is 9.94. The van der Waals surface area contributed by atoms with E-state index in [9.17, 15) is 19.5 Å². The maximum absolute atomic E-state index is 13.8. The second-order valence-corrected chi connectivity index (χ2v) is 15.1. The molecular formula is C47H42N9O5+2. The molecule has 1 radical (unpaired) electrons. The van der Waals surface area contributed by atoms with Crippen molar-refractivity contribution in [3.05, 3.63) is 162 Å². The second kappa shape index (κ2) is 16.2. The van der Waals surface area contributed by atoms with Gasteiger partial charge in [-0.2, -0.15) is 19.1 Å². The summed E-state index contributed by atoms with van der Waals surface area (Å²) in [4.78, 5) is 49.2. The number of allylic oxidation sites excluding steroid dienone is 1. The number of carbonyl (C=O) groups excluding carboxylic acids is 3. The SMILES string of the molecule is CN1[N-]N(CCN2C(=O)c3cccc4cccc(c34)C2=O)C=C1CCCOc1cc(C(=O)Nc2cc3ccccc3[n+](C)c2)[nH+]c(C([O])=Nc2cc3ccccc3[n+](C)c2)c1. The number of aromatic nitrogens is 3. The van der Waals surface area contributed by atoms with E-state index in [1.165, 1.54) is 4.90 Å². The minimum atomic E-state index is -0.569. The monoisotopic (exact) mass is 812 g/mol. The molecule has 14 heteroatoms. The lowest BCUT2D eigenvalue weighted by Crippen LogP contribution is -2.43. The maximum Gasteiger partial charge on any atom is 0.342 e. The number of aryl methyl sites for hydroxylation is 2. The van der Waals surface area contributed by atoms with Crippen LogP contribution in [0.3, 0.4) is 0 Å². The first-order chi connectivity index (χ1) is 29.6. The summed E-state index contributed by atoms with van der Waals surface area (Å²) in [5, 5.41) is 23.6. The molecular weight excluding hydrogens is 771 g/mol. The number of benzene rings is 4. The number of hydrogen-bond acceptors (Lipinski definition) is 7. The molecule has 0 bridgehead atoms. The van der Waals surface area contributed by atoms with Crippen molar-refractivity contribution in [2.45, 2.75) is 12.8 Å². The standard InChI is InChI=1S/C47H40N9O5/c1-52-27-33(23-31-11-4-6-18-41(31)52)48-44(57)39-25-36(26-40(50-39)45(58)49-34-24-32-12-5-7-19-42(32)53(2)28-34)61-22-10-15-35-29-55(51-54(35)3)20-21-56-46(59)37-16-8-13-30-14-9-17-38(43(30)37)47(56)60/h4-9,11-14,16-19,23-29H,10,15,20-22H2,1-3H3/p+2. The number of H-pyrrole nitrogens is 1. The van der Waals surface area contributed by atoms with Crippen molar-refractivity contribution in [3.8, 4) is 5.75 Å². The zero-order valence-corrected chi connectivity index (χ0v) is 33.8. The summed E-state index contributed by atoms with van der Waals surface area (Å²) < 4.78 is 10.0. The summed E-state index contributed by atoms with van der Waals surface area (Å²) in [5.41, 5.74) is 9.79. The summed E-state index contributed by atoms with van der Waals surface area (Å²) in [6.07, 6.45) is 6.68. The first kappa shape index (κ1) is 38.8. The number of hydrogen-bond donors (Lipinski definition) is 1. The molecule has 7 aromatic rings. The molecule has 3 amide bonds. The van der Waals surface area contributed by atoms with Gasteiger partial charge in [-0.05, 0) is 61.7 Å². The molecule has 61 heavy (non-hydrogen) atoms. The Kier molecular flexibility index (Phi) is 10.3. The van der Waals surface area contributed by atoms with Crippen molar-refractivity contribution < 1.29 is 38.3 Å². The van der Waals surface area contributed by atoms with E-state index in [0.29, 0.717) is 53.0 Å². The smallest absolute Gasteiger partial charge is 0.342 e. The molecule has 14 nitrogen and oxygen atoms in total. The zero-order chi connectivity index (χ0) is 42.2. The number of ether oxygens (including phenoxy) is 1. The minimum Gasteiger partial charge on any atom is -0.493 e. The quantitative estimate of drug-likeness (QED) is 0.0517. The highest BCUT2D eigenvalue weighted by atomic mass is 16.5. The second-order valence-electron chi connectivity index (χ2n) is 15.1. The fraction of sp³-hybridized carbons (Fsp3) is 0.170. The maximum atomic E-state index is 13.8. The van der Waals surface area contributed by atoms with Crippen LogP contribution in [-0.4, -0.2) is 65.3 Å². The van der Waals surface area contributed by atoms with Gasteiger partial charge in [-0.25, -0.2) is 0 Å². The molecule has 0 saturated carbocycles. The van der Waals surface area contributed by atoms with Gasteiger partial charge in [0.2, 0.25) is 11.0 Å². The molecule has 2 N–H and O–H groups in total. The van der Waals surface area contributed by atoms with Crippen LogP contribution in [0.5, 0.6) is 5.75 Å². The van der Waals surface area contributed by atoms with Gasteiger partial charge in [-0.15, -0.1) is 0 Å². The predicted octanol–water partition coefficient (Wildman–Crippen LogP) is 6.12. The van der Waals surface area contributed by atoms with Crippen molar-refractivity contribution in [1.82, 2.24) is 14.9 Å². The van der Waals surface area contributed by atoms with Crippen LogP contribution in [0.25, 0.3) is 38.1 Å². The van der Waals surface area contributed by atoms with Gasteiger partial charge in [0.1, 0.15) is 31.2 Å². The van der Waals surface area contributed by atoms with Crippen LogP contribution in [0, 0.1) is 0 Å². The van der Waals surface area contributed by atoms with Crippen molar-refractivity contribution in [3.63, 3.8) is 0 Å². The summed E-state index contributed by atoms with van der Waals surface area (Å²) in [7, 11) is 5.64. The van der Waals surface area contributed by atoms with E-state index in [1.807, 2.05) is 128 Å². The lowest BCUT2D eigenvalue weighted by molar-refractivity contribution is -0.644. The van der Waals surface area contributed by atoms with Crippen LogP contribution in [0.2, 0.25) is 0 Å². The van der Waals surface area contributed by atoms with Crippen molar-refractivity contribution in [2.24, 2.45) is 19.1 Å². The number of nitrogens with zero attached hydrogens (tertiary/aromatic N) is 7. The average molecular weight is 813 g/mol. The number of para-hydroxylation sites is 2. The van der Waals surface area contributed by atoms with Gasteiger partial charge in [-0.3, -0.25) is 24.4 Å². The van der Waals surface area contributed by atoms with Gasteiger partial charge in [-0.1, -0.05) is 48.5 Å². The molecule has 303 valence electrons. The third kappa shape index (κ3) is 7.79. The molecule has 9 rings (SSSR count). The van der Waals surface area contributed by atoms with Crippen LogP contribution in [-0.2, 0) is 19.2 Å². The number of nitrogens with one attached hydrogen (secondary N) is 2. The fourth-order valence-corrected chi connectivity index (χ4v) is 7.95. The van der Waals surface area contributed by atoms with E-state index in [2.05, 4.69) is 20.8 Å². The number of aliphatic imine (C=N–C) groups is 1. The van der Waals surface area contributed by atoms with Crippen LogP contribution in [0.15, 0.2) is 138 Å². The number of pyridine rings is 3. The van der Waals surface area contributed by atoms with E-state index in [1.54, 1.807) is 40.5 Å². The Morgan fingerprint density at radius 3 is 2.15 bits per heavy atom. The number of fused-ring (bicyclic) bond motifs is 2. The first-order valence-electron chi connectivity index (χ1n) is 19.9. The summed E-state index contributed by atoms with van der Waals surface area (Å²) >= 11 is 0. The molecule has 2 aliphatic heterocycles. The number of anilines is 1. The van der Waals surface area contributed by atoms with E-state index in [-0.39, 0.29) is 36.4 Å². The van der Waals surface area contributed by atoms with Gasteiger partial charge >= 0.3 is 11.8 Å². The summed E-state index contributed by atoms with van der Waals surface area (Å²) in [5.74, 6) is -1.33. The molecule has 0 saturated heterocycles. The van der Waals surface area contributed by atoms with E-state index in [4.69, 9.17) is 4.74 Å². The molecule has 5 heterocycles. The number of carbonyl (C=O) groups is 3. The molecule has 0 aliphatic carbocycles. The van der Waals surface area contributed by atoms with Crippen LogP contribution in [0.4, 0.5) is 11.4 Å². The van der Waals surface area contributed by atoms with Crippen molar-refractivity contribution >= 4 is 67.6 Å². The minimum absolute atomic E-state index is 0.0843. The Labute approximate surface area is 351 Å². The van der Waals surface area contributed by atoms with Crippen LogP contribution < -0.4 is 24.2 Å². The summed E-state index contributed by atoms with van der Waals surface area (Å²) in [6, 6.07) is 33.6. The molecule has 0 unspecified atom stereocenters. The average Bonchev–Trinajstić information content (AvgIpc) is 3.62. The van der Waals surface area contributed by atoms with Gasteiger partial charge in [0.15, 0.2) is 12.4 Å². The number of rotatable bonds is 12. The summed E-state index contributed by atoms with van der Waals surface area (Å²) in [6.45, 7) is 0.755. The fourth-order valence-electron chi connectivity index (χ4n) is 7.95. The third-order valence-electron chi connectivity index (χ3n) is 10.9. The molecule has 4 aromatic carbocycles. The van der Waals surface area contributed by atoms with Crippen molar-refractivity contribution in [2.75, 3.05) is 32.1 Å². The Bertz CT molecular complexity index is 2930. The molecule has 0 atom stereocenters. The Hall–Kier alpha value is -7.71. The zero-order valence-electron chi connectivity index (χ0n) is 33.8. The molecule has 0 spiro atoms. The Balaban J connectivity index is 0.890. The Morgan fingerprint density at radius 1 is 0.787 bits per heavy atom. The molecule has 2 aliphatic rings. The van der Waals surface area contributed by atoms with Crippen molar-refractivity contribution in [1.29, 1.82) is 0 Å². The highest BCUT2D eigenvalue weighted by Gasteiger charge is 2.32. The van der Waals surface area contributed by atoms with Gasteiger partial charge in [0.25, 0.3) is 23.2 Å². The van der Waals surface area contributed by atoms with E-state index < -0.39 is 11.8 Å². The highest BCUT2D eigenvalue weighted by Crippen LogP contribution is 2.31. The van der Waals surface area contributed by atoms with Gasteiger partial charge in [0, 0.05) is 64.4 Å². The van der Waals surface area contributed by atoms with E-state index >= 15 is 0 Å². The highest BCUT2D eigenvalue weighted by molar-refractivity contribution is 6.25. The molecule has 0 fully saturated rings. The predicted molar refractivity (Wildman–Crippen MR) is 228 cm³/mol. The first-order valence-corrected chi connectivity index (χ1v) is 19.9. The number of amides is 3. The third-order valence-corrected chi connectivity index (χ3v) is 10.9. The van der Waals surface area contributed by atoms with Gasteiger partial charge in [0.05, 0.1) is 18.7 Å². The lowest BCUT2D eigenvalue weighted by Gasteiger charge is -2.38. The molecule has 3 aromatic heterocycles. The number of aromatic amines is 1. The van der Waals surface area contributed by atoms with Crippen LogP contribution in [0.1, 0.15) is 49.7 Å². The normalized spacial score (nSPS) is 14.0. The largest absolute Gasteiger partial charge is 0.493 e. The van der Waals surface area contributed by atoms with Gasteiger partial charge < -0.3 is 25.6 Å².